The molecule has 0 saturated heterocycles. The number of nitro benzene ring substituents is 2. The molecule has 10 nitrogen and oxygen atoms in total. The summed E-state index contributed by atoms with van der Waals surface area (Å²) in [6.45, 7) is 0.208. The van der Waals surface area contributed by atoms with Gasteiger partial charge in [-0.3, -0.25) is 29.8 Å². The third kappa shape index (κ3) is 5.12. The lowest BCUT2D eigenvalue weighted by Gasteiger charge is -2.19. The van der Waals surface area contributed by atoms with E-state index in [1.807, 2.05) is 0 Å². The molecule has 1 fully saturated rings. The van der Waals surface area contributed by atoms with E-state index in [1.54, 1.807) is 0 Å². The van der Waals surface area contributed by atoms with Crippen LogP contribution in [0, 0.1) is 26.1 Å². The van der Waals surface area contributed by atoms with Crippen molar-refractivity contribution >= 4 is 23.2 Å². The topological polar surface area (TPSA) is 144 Å². The maximum Gasteiger partial charge on any atom is 0.269 e. The Morgan fingerprint density at radius 3 is 1.72 bits per heavy atom. The molecule has 0 spiro atoms. The molecule has 0 heterocycles. The molecule has 2 aromatic rings. The summed E-state index contributed by atoms with van der Waals surface area (Å²) in [4.78, 5) is 45.0. The molecule has 2 N–H and O–H groups in total. The van der Waals surface area contributed by atoms with Gasteiger partial charge in [-0.25, -0.2) is 0 Å². The first kappa shape index (κ1) is 19.9. The number of carbonyl (C=O) groups excluding carboxylic acids is 2. The van der Waals surface area contributed by atoms with Crippen LogP contribution in [-0.2, 0) is 0 Å². The van der Waals surface area contributed by atoms with Crippen molar-refractivity contribution in [3.05, 3.63) is 79.9 Å². The maximum absolute atomic E-state index is 12.4. The molecule has 10 heteroatoms. The van der Waals surface area contributed by atoms with E-state index in [1.165, 1.54) is 48.5 Å². The summed E-state index contributed by atoms with van der Waals surface area (Å²) in [6.07, 6.45) is 1.86. The smallest absolute Gasteiger partial charge is 0.269 e. The molecule has 2 aromatic carbocycles. The first-order valence-electron chi connectivity index (χ1n) is 8.93. The molecule has 2 amide bonds. The third-order valence-electron chi connectivity index (χ3n) is 4.67. The molecule has 1 aliphatic carbocycles. The molecule has 3 rings (SSSR count). The van der Waals surface area contributed by atoms with Crippen LogP contribution in [0.25, 0.3) is 0 Å². The number of rotatable bonds is 8. The zero-order valence-corrected chi connectivity index (χ0v) is 15.2. The lowest BCUT2D eigenvalue weighted by Crippen LogP contribution is -2.45. The Balaban J connectivity index is 1.58. The Hall–Kier alpha value is -3.82. The fourth-order valence-electron chi connectivity index (χ4n) is 2.86. The van der Waals surface area contributed by atoms with Gasteiger partial charge in [0.05, 0.1) is 9.85 Å². The molecule has 1 aliphatic rings. The molecule has 0 aliphatic heterocycles. The van der Waals surface area contributed by atoms with E-state index in [2.05, 4.69) is 10.6 Å². The average molecular weight is 398 g/mol. The number of benzene rings is 2. The van der Waals surface area contributed by atoms with Crippen molar-refractivity contribution in [1.82, 2.24) is 10.6 Å². The van der Waals surface area contributed by atoms with Crippen LogP contribution in [0.5, 0.6) is 0 Å². The Kier molecular flexibility index (Phi) is 5.82. The number of nitrogens with one attached hydrogen (secondary N) is 2. The molecule has 0 radical (unpaired) electrons. The zero-order chi connectivity index (χ0) is 21.0. The Bertz CT molecular complexity index is 938. The normalized spacial score (nSPS) is 13.9. The minimum atomic E-state index is -0.543. The highest BCUT2D eigenvalue weighted by atomic mass is 16.6. The standard InChI is InChI=1S/C19H18N4O6/c24-18(13-3-7-15(8-4-13)22(26)27)20-11-17(12-1-2-12)21-19(25)14-5-9-16(10-6-14)23(28)29/h3-10,12,17H,1-2,11H2,(H,20,24)(H,21,25). The van der Waals surface area contributed by atoms with E-state index in [9.17, 15) is 29.8 Å². The van der Waals surface area contributed by atoms with Crippen LogP contribution < -0.4 is 10.6 Å². The zero-order valence-electron chi connectivity index (χ0n) is 15.2. The summed E-state index contributed by atoms with van der Waals surface area (Å²) < 4.78 is 0. The number of non-ortho nitro benzene ring substituents is 2. The van der Waals surface area contributed by atoms with Gasteiger partial charge in [0.15, 0.2) is 0 Å². The van der Waals surface area contributed by atoms with Crippen molar-refractivity contribution in [2.75, 3.05) is 6.54 Å². The summed E-state index contributed by atoms with van der Waals surface area (Å²) in [7, 11) is 0. The molecule has 1 atom stereocenters. The van der Waals surface area contributed by atoms with Gasteiger partial charge in [-0.05, 0) is 43.0 Å². The summed E-state index contributed by atoms with van der Waals surface area (Å²) in [5.74, 6) is -0.523. The van der Waals surface area contributed by atoms with Crippen molar-refractivity contribution in [3.8, 4) is 0 Å². The van der Waals surface area contributed by atoms with Crippen LogP contribution in [0.15, 0.2) is 48.5 Å². The van der Waals surface area contributed by atoms with Gasteiger partial charge in [0.1, 0.15) is 0 Å². The second kappa shape index (κ2) is 8.46. The summed E-state index contributed by atoms with van der Waals surface area (Å²) in [5.41, 5.74) is 0.373. The van der Waals surface area contributed by atoms with Gasteiger partial charge < -0.3 is 10.6 Å². The minimum Gasteiger partial charge on any atom is -0.350 e. The van der Waals surface area contributed by atoms with Crippen LogP contribution in [0.3, 0.4) is 0 Å². The molecule has 1 saturated carbocycles. The minimum absolute atomic E-state index is 0.101. The average Bonchev–Trinajstić information content (AvgIpc) is 3.56. The number of hydrogen-bond acceptors (Lipinski definition) is 6. The van der Waals surface area contributed by atoms with E-state index in [-0.39, 0.29) is 41.3 Å². The highest BCUT2D eigenvalue weighted by molar-refractivity contribution is 5.95. The summed E-state index contributed by atoms with van der Waals surface area (Å²) >= 11 is 0. The molecular weight excluding hydrogens is 380 g/mol. The SMILES string of the molecule is O=C(NCC(NC(=O)c1ccc([N+](=O)[O-])cc1)C1CC1)c1ccc([N+](=O)[O-])cc1. The molecule has 0 aromatic heterocycles. The first-order chi connectivity index (χ1) is 13.8. The van der Waals surface area contributed by atoms with Crippen molar-refractivity contribution in [2.24, 2.45) is 5.92 Å². The van der Waals surface area contributed by atoms with Gasteiger partial charge in [0.25, 0.3) is 23.2 Å². The van der Waals surface area contributed by atoms with Gasteiger partial charge in [-0.2, -0.15) is 0 Å². The fraction of sp³-hybridized carbons (Fsp3) is 0.263. The number of hydrogen-bond donors (Lipinski definition) is 2. The van der Waals surface area contributed by atoms with E-state index in [0.717, 1.165) is 12.8 Å². The van der Waals surface area contributed by atoms with Gasteiger partial charge in [-0.1, -0.05) is 0 Å². The summed E-state index contributed by atoms with van der Waals surface area (Å²) in [6, 6.07) is 10.3. The van der Waals surface area contributed by atoms with Gasteiger partial charge >= 0.3 is 0 Å². The van der Waals surface area contributed by atoms with E-state index < -0.39 is 15.8 Å². The number of amides is 2. The van der Waals surface area contributed by atoms with Crippen LogP contribution >= 0.6 is 0 Å². The van der Waals surface area contributed by atoms with E-state index in [0.29, 0.717) is 5.56 Å². The van der Waals surface area contributed by atoms with Crippen LogP contribution in [0.4, 0.5) is 11.4 Å². The predicted octanol–water partition coefficient (Wildman–Crippen LogP) is 2.44. The van der Waals surface area contributed by atoms with Crippen molar-refractivity contribution in [3.63, 3.8) is 0 Å². The quantitative estimate of drug-likeness (QED) is 0.516. The molecular formula is C19H18N4O6. The largest absolute Gasteiger partial charge is 0.350 e. The Morgan fingerprint density at radius 1 is 0.862 bits per heavy atom. The van der Waals surface area contributed by atoms with Gasteiger partial charge in [0.2, 0.25) is 0 Å². The number of carbonyl (C=O) groups is 2. The number of nitrogens with zero attached hydrogens (tertiary/aromatic N) is 2. The molecule has 29 heavy (non-hydrogen) atoms. The lowest BCUT2D eigenvalue weighted by atomic mass is 10.1. The van der Waals surface area contributed by atoms with E-state index >= 15 is 0 Å². The third-order valence-corrected chi connectivity index (χ3v) is 4.67. The maximum atomic E-state index is 12.4. The van der Waals surface area contributed by atoms with Crippen LogP contribution in [0.1, 0.15) is 33.6 Å². The monoisotopic (exact) mass is 398 g/mol. The second-order valence-electron chi connectivity index (χ2n) is 6.74. The highest BCUT2D eigenvalue weighted by Crippen LogP contribution is 2.32. The lowest BCUT2D eigenvalue weighted by molar-refractivity contribution is -0.385. The van der Waals surface area contributed by atoms with Crippen LogP contribution in [0.2, 0.25) is 0 Å². The fourth-order valence-corrected chi connectivity index (χ4v) is 2.86. The van der Waals surface area contributed by atoms with Gasteiger partial charge in [-0.15, -0.1) is 0 Å². The first-order valence-corrected chi connectivity index (χ1v) is 8.93. The Labute approximate surface area is 165 Å². The summed E-state index contributed by atoms with van der Waals surface area (Å²) in [5, 5.41) is 27.0. The van der Waals surface area contributed by atoms with Crippen molar-refractivity contribution in [2.45, 2.75) is 18.9 Å². The second-order valence-corrected chi connectivity index (χ2v) is 6.74. The number of nitro groups is 2. The predicted molar refractivity (Wildman–Crippen MR) is 103 cm³/mol. The highest BCUT2D eigenvalue weighted by Gasteiger charge is 2.32. The van der Waals surface area contributed by atoms with Crippen molar-refractivity contribution < 1.29 is 19.4 Å². The van der Waals surface area contributed by atoms with Crippen LogP contribution in [-0.4, -0.2) is 34.2 Å². The Morgan fingerprint density at radius 2 is 1.31 bits per heavy atom. The molecule has 1 unspecified atom stereocenters. The van der Waals surface area contributed by atoms with E-state index in [4.69, 9.17) is 0 Å². The molecule has 150 valence electrons. The van der Waals surface area contributed by atoms with Gasteiger partial charge in [0, 0.05) is 48.0 Å². The van der Waals surface area contributed by atoms with Crippen molar-refractivity contribution in [1.29, 1.82) is 0 Å². The molecule has 0 bridgehead atoms.